The molecule has 0 bridgehead atoms. The molecule has 3 heteroatoms. The number of allylic oxidation sites excluding steroid dienone is 2. The van der Waals surface area contributed by atoms with Crippen LogP contribution in [0, 0.1) is 0 Å². The SMILES string of the molecule is O=[P@]1(c2ccccc2)C(/C=C/c2ccc(Cl)cc2)=Cc2ccccc21. The number of hydrogen-bond donors (Lipinski definition) is 0. The van der Waals surface area contributed by atoms with Crippen LogP contribution < -0.4 is 10.6 Å². The molecule has 0 amide bonds. The van der Waals surface area contributed by atoms with Crippen molar-refractivity contribution in [1.29, 1.82) is 0 Å². The quantitative estimate of drug-likeness (QED) is 0.544. The molecule has 1 aliphatic heterocycles. The first-order chi connectivity index (χ1) is 12.2. The third-order valence-corrected chi connectivity index (χ3v) is 7.75. The molecule has 0 unspecified atom stereocenters. The molecular formula is C22H16ClOP. The van der Waals surface area contributed by atoms with E-state index < -0.39 is 7.14 Å². The third kappa shape index (κ3) is 2.91. The number of benzene rings is 3. The monoisotopic (exact) mass is 362 g/mol. The van der Waals surface area contributed by atoms with E-state index in [0.29, 0.717) is 5.02 Å². The van der Waals surface area contributed by atoms with Crippen molar-refractivity contribution >= 4 is 41.5 Å². The molecule has 1 heterocycles. The van der Waals surface area contributed by atoms with Crippen molar-refractivity contribution in [1.82, 2.24) is 0 Å². The fourth-order valence-electron chi connectivity index (χ4n) is 3.12. The second kappa shape index (κ2) is 6.52. The number of rotatable bonds is 3. The lowest BCUT2D eigenvalue weighted by Crippen LogP contribution is -2.15. The highest BCUT2D eigenvalue weighted by molar-refractivity contribution is 7.83. The predicted octanol–water partition coefficient (Wildman–Crippen LogP) is 5.72. The van der Waals surface area contributed by atoms with Crippen LogP contribution in [0.5, 0.6) is 0 Å². The fourth-order valence-corrected chi connectivity index (χ4v) is 6.10. The third-order valence-electron chi connectivity index (χ3n) is 4.38. The van der Waals surface area contributed by atoms with Gasteiger partial charge in [0.25, 0.3) is 0 Å². The summed E-state index contributed by atoms with van der Waals surface area (Å²) in [6.07, 6.45) is 6.00. The molecule has 25 heavy (non-hydrogen) atoms. The molecule has 0 fully saturated rings. The second-order valence-electron chi connectivity index (χ2n) is 5.96. The van der Waals surface area contributed by atoms with Crippen molar-refractivity contribution in [2.24, 2.45) is 0 Å². The normalized spacial score (nSPS) is 19.0. The summed E-state index contributed by atoms with van der Waals surface area (Å²) >= 11 is 5.95. The van der Waals surface area contributed by atoms with E-state index in [-0.39, 0.29) is 0 Å². The van der Waals surface area contributed by atoms with Gasteiger partial charge in [0, 0.05) is 20.9 Å². The van der Waals surface area contributed by atoms with Crippen molar-refractivity contribution in [2.75, 3.05) is 0 Å². The highest BCUT2D eigenvalue weighted by Crippen LogP contribution is 2.57. The van der Waals surface area contributed by atoms with Gasteiger partial charge >= 0.3 is 0 Å². The topological polar surface area (TPSA) is 17.1 Å². The van der Waals surface area contributed by atoms with Crippen molar-refractivity contribution in [3.05, 3.63) is 106 Å². The van der Waals surface area contributed by atoms with Gasteiger partial charge in [-0.2, -0.15) is 0 Å². The van der Waals surface area contributed by atoms with Crippen LogP contribution in [0.3, 0.4) is 0 Å². The molecule has 1 nitrogen and oxygen atoms in total. The zero-order chi connectivity index (χ0) is 17.3. The molecule has 122 valence electrons. The first-order valence-corrected chi connectivity index (χ1v) is 10.2. The van der Waals surface area contributed by atoms with Gasteiger partial charge in [0.05, 0.1) is 0 Å². The minimum absolute atomic E-state index is 0.708. The van der Waals surface area contributed by atoms with Gasteiger partial charge < -0.3 is 4.57 Å². The van der Waals surface area contributed by atoms with Gasteiger partial charge in [-0.15, -0.1) is 0 Å². The average Bonchev–Trinajstić information content (AvgIpc) is 2.95. The zero-order valence-corrected chi connectivity index (χ0v) is 15.1. The molecular weight excluding hydrogens is 347 g/mol. The highest BCUT2D eigenvalue weighted by Gasteiger charge is 2.36. The molecule has 3 aromatic carbocycles. The van der Waals surface area contributed by atoms with E-state index in [1.54, 1.807) is 0 Å². The first kappa shape index (κ1) is 16.1. The van der Waals surface area contributed by atoms with E-state index in [1.165, 1.54) is 0 Å². The van der Waals surface area contributed by atoms with Crippen LogP contribution >= 0.6 is 18.7 Å². The van der Waals surface area contributed by atoms with Gasteiger partial charge in [0.2, 0.25) is 0 Å². The maximum absolute atomic E-state index is 14.1. The van der Waals surface area contributed by atoms with Gasteiger partial charge in [-0.25, -0.2) is 0 Å². The smallest absolute Gasteiger partial charge is 0.171 e. The molecule has 0 N–H and O–H groups in total. The Labute approximate surface area is 152 Å². The molecule has 4 rings (SSSR count). The Morgan fingerprint density at radius 2 is 1.44 bits per heavy atom. The fraction of sp³-hybridized carbons (Fsp3) is 0. The van der Waals surface area contributed by atoms with E-state index in [2.05, 4.69) is 0 Å². The van der Waals surface area contributed by atoms with Crippen molar-refractivity contribution in [3.63, 3.8) is 0 Å². The van der Waals surface area contributed by atoms with Crippen molar-refractivity contribution < 1.29 is 4.57 Å². The Morgan fingerprint density at radius 3 is 2.20 bits per heavy atom. The van der Waals surface area contributed by atoms with Crippen LogP contribution in [-0.2, 0) is 4.57 Å². The van der Waals surface area contributed by atoms with Gasteiger partial charge in [0.1, 0.15) is 0 Å². The van der Waals surface area contributed by atoms with Crippen LogP contribution in [0.25, 0.3) is 12.2 Å². The average molecular weight is 363 g/mol. The lowest BCUT2D eigenvalue weighted by molar-refractivity contribution is 0.591. The summed E-state index contributed by atoms with van der Waals surface area (Å²) in [5.41, 5.74) is 2.06. The summed E-state index contributed by atoms with van der Waals surface area (Å²) in [7, 11) is -2.82. The molecule has 0 saturated heterocycles. The van der Waals surface area contributed by atoms with E-state index in [4.69, 9.17) is 11.6 Å². The molecule has 1 atom stereocenters. The van der Waals surface area contributed by atoms with E-state index >= 15 is 0 Å². The molecule has 0 spiro atoms. The number of halogens is 1. The van der Waals surface area contributed by atoms with E-state index in [0.717, 1.165) is 27.1 Å². The van der Waals surface area contributed by atoms with Crippen molar-refractivity contribution in [2.45, 2.75) is 0 Å². The Morgan fingerprint density at radius 1 is 0.760 bits per heavy atom. The van der Waals surface area contributed by atoms with Gasteiger partial charge in [-0.05, 0) is 29.3 Å². The molecule has 0 saturated carbocycles. The molecule has 0 aromatic heterocycles. The first-order valence-electron chi connectivity index (χ1n) is 8.09. The van der Waals surface area contributed by atoms with Crippen LogP contribution in [0.15, 0.2) is 90.3 Å². The molecule has 0 radical (unpaired) electrons. The lowest BCUT2D eigenvalue weighted by Gasteiger charge is -2.16. The zero-order valence-electron chi connectivity index (χ0n) is 13.5. The maximum atomic E-state index is 14.1. The highest BCUT2D eigenvalue weighted by atomic mass is 35.5. The number of hydrogen-bond acceptors (Lipinski definition) is 1. The maximum Gasteiger partial charge on any atom is 0.171 e. The molecule has 1 aliphatic rings. The summed E-state index contributed by atoms with van der Waals surface area (Å²) in [5, 5.41) is 3.35. The Bertz CT molecular complexity index is 1020. The minimum atomic E-state index is -2.82. The van der Waals surface area contributed by atoms with Crippen LogP contribution in [0.1, 0.15) is 11.1 Å². The predicted molar refractivity (Wildman–Crippen MR) is 108 cm³/mol. The largest absolute Gasteiger partial charge is 0.309 e. The van der Waals surface area contributed by atoms with Crippen LogP contribution in [-0.4, -0.2) is 0 Å². The molecule has 0 aliphatic carbocycles. The minimum Gasteiger partial charge on any atom is -0.309 e. The van der Waals surface area contributed by atoms with Crippen molar-refractivity contribution in [3.8, 4) is 0 Å². The Hall–Kier alpha value is -2.34. The summed E-state index contributed by atoms with van der Waals surface area (Å²) in [5.74, 6) is 0. The second-order valence-corrected chi connectivity index (χ2v) is 9.13. The van der Waals surface area contributed by atoms with Gasteiger partial charge in [-0.1, -0.05) is 90.5 Å². The van der Waals surface area contributed by atoms with Crippen LogP contribution in [0.4, 0.5) is 0 Å². The summed E-state index contributed by atoms with van der Waals surface area (Å²) in [6, 6.07) is 25.3. The van der Waals surface area contributed by atoms with Crippen LogP contribution in [0.2, 0.25) is 5.02 Å². The summed E-state index contributed by atoms with van der Waals surface area (Å²) in [6.45, 7) is 0. The van der Waals surface area contributed by atoms with E-state index in [1.807, 2.05) is 97.1 Å². The number of fused-ring (bicyclic) bond motifs is 1. The summed E-state index contributed by atoms with van der Waals surface area (Å²) < 4.78 is 14.1. The summed E-state index contributed by atoms with van der Waals surface area (Å²) in [4.78, 5) is 0. The molecule has 3 aromatic rings. The Balaban J connectivity index is 1.81. The lowest BCUT2D eigenvalue weighted by atomic mass is 10.2. The van der Waals surface area contributed by atoms with E-state index in [9.17, 15) is 4.57 Å². The standard InChI is InChI=1S/C22H16ClOP/c23-19-13-10-17(11-14-19)12-15-21-16-18-6-4-5-9-22(18)25(21,24)20-7-2-1-3-8-20/h1-16H/b15-12+/t25-/m1/s1. The Kier molecular flexibility index (Phi) is 4.21. The van der Waals surface area contributed by atoms with Gasteiger partial charge in [0.15, 0.2) is 7.14 Å². The van der Waals surface area contributed by atoms with Gasteiger partial charge in [-0.3, -0.25) is 0 Å².